The molecule has 0 spiro atoms. The van der Waals surface area contributed by atoms with E-state index in [1.54, 1.807) is 0 Å². The van der Waals surface area contributed by atoms with Crippen molar-refractivity contribution in [1.82, 2.24) is 10.6 Å². The largest absolute Gasteiger partial charge is 0.469 e. The van der Waals surface area contributed by atoms with Gasteiger partial charge in [-0.05, 0) is 104 Å². The summed E-state index contributed by atoms with van der Waals surface area (Å²) in [5.74, 6) is 3.53. The van der Waals surface area contributed by atoms with Crippen LogP contribution >= 0.6 is 0 Å². The summed E-state index contributed by atoms with van der Waals surface area (Å²) in [6, 6.07) is 1.14. The van der Waals surface area contributed by atoms with Gasteiger partial charge in [-0.2, -0.15) is 0 Å². The van der Waals surface area contributed by atoms with Crippen molar-refractivity contribution >= 4 is 5.97 Å². The first-order valence-electron chi connectivity index (χ1n) is 14.8. The predicted molar refractivity (Wildman–Crippen MR) is 142 cm³/mol. The molecule has 5 unspecified atom stereocenters. The van der Waals surface area contributed by atoms with E-state index in [0.717, 1.165) is 25.9 Å². The SMILES string of the molecule is COC(=O)CCC(C)[C@H]1CCC2C3C(O)C[C@@H]4C[C@H](NCCNC(C)C)CC[C@]4(C)C3CC[C@@]21C. The summed E-state index contributed by atoms with van der Waals surface area (Å²) in [5, 5.41) is 19.0. The molecule has 4 rings (SSSR count). The number of nitrogens with one attached hydrogen (secondary N) is 2. The minimum atomic E-state index is -0.145. The van der Waals surface area contributed by atoms with Crippen LogP contribution in [0.4, 0.5) is 0 Å². The Bertz CT molecular complexity index is 728. The van der Waals surface area contributed by atoms with Crippen molar-refractivity contribution in [3.05, 3.63) is 0 Å². The smallest absolute Gasteiger partial charge is 0.305 e. The first-order valence-corrected chi connectivity index (χ1v) is 14.8. The van der Waals surface area contributed by atoms with Crippen LogP contribution in [0.3, 0.4) is 0 Å². The summed E-state index contributed by atoms with van der Waals surface area (Å²) >= 11 is 0. The summed E-state index contributed by atoms with van der Waals surface area (Å²) in [6.07, 6.45) is 11.2. The standard InChI is InChI=1S/C30H54N2O3/c1-19(2)31-15-16-32-22-11-13-29(4)21(17-22)18-26(33)28-24-9-8-23(20(3)7-10-27(34)35-6)30(24,5)14-12-25(28)29/h19-26,28,31-33H,7-18H2,1-6H3/t20?,21-,22+,23+,24?,25?,26?,28?,29-,30+/m0/s1. The summed E-state index contributed by atoms with van der Waals surface area (Å²) in [4.78, 5) is 11.8. The van der Waals surface area contributed by atoms with E-state index >= 15 is 0 Å². The van der Waals surface area contributed by atoms with Gasteiger partial charge in [0.25, 0.3) is 0 Å². The van der Waals surface area contributed by atoms with Gasteiger partial charge < -0.3 is 20.5 Å². The maximum atomic E-state index is 11.8. The van der Waals surface area contributed by atoms with Gasteiger partial charge in [-0.15, -0.1) is 0 Å². The third kappa shape index (κ3) is 5.34. The molecule has 0 aromatic carbocycles. The minimum Gasteiger partial charge on any atom is -0.469 e. The first kappa shape index (κ1) is 27.4. The fraction of sp³-hybridized carbons (Fsp3) is 0.967. The molecule has 0 heterocycles. The number of aliphatic hydroxyl groups is 1. The molecule has 0 saturated heterocycles. The van der Waals surface area contributed by atoms with E-state index in [9.17, 15) is 9.90 Å². The number of esters is 1. The Hall–Kier alpha value is -0.650. The van der Waals surface area contributed by atoms with Gasteiger partial charge in [0.1, 0.15) is 0 Å². The lowest BCUT2D eigenvalue weighted by atomic mass is 9.43. The molecule has 202 valence electrons. The molecule has 0 amide bonds. The molecule has 0 aromatic heterocycles. The molecule has 4 aliphatic rings. The average molecular weight is 491 g/mol. The highest BCUT2D eigenvalue weighted by Gasteiger charge is 2.62. The second-order valence-electron chi connectivity index (χ2n) is 13.7. The van der Waals surface area contributed by atoms with Crippen LogP contribution < -0.4 is 10.6 Å². The van der Waals surface area contributed by atoms with Crippen molar-refractivity contribution in [1.29, 1.82) is 0 Å². The van der Waals surface area contributed by atoms with E-state index in [4.69, 9.17) is 4.74 Å². The fourth-order valence-corrected chi connectivity index (χ4v) is 9.67. The van der Waals surface area contributed by atoms with Crippen LogP contribution in [0.1, 0.15) is 98.8 Å². The van der Waals surface area contributed by atoms with E-state index in [-0.39, 0.29) is 12.1 Å². The van der Waals surface area contributed by atoms with E-state index in [1.165, 1.54) is 52.1 Å². The highest BCUT2D eigenvalue weighted by Crippen LogP contribution is 2.68. The molecular formula is C30H54N2O3. The zero-order valence-electron chi connectivity index (χ0n) is 23.4. The number of fused-ring (bicyclic) bond motifs is 5. The molecule has 0 aromatic rings. The van der Waals surface area contributed by atoms with Gasteiger partial charge in [-0.3, -0.25) is 4.79 Å². The van der Waals surface area contributed by atoms with E-state index in [2.05, 4.69) is 45.3 Å². The molecule has 0 radical (unpaired) electrons. The van der Waals surface area contributed by atoms with Gasteiger partial charge in [-0.1, -0.05) is 34.6 Å². The van der Waals surface area contributed by atoms with Gasteiger partial charge in [-0.25, -0.2) is 0 Å². The molecule has 3 N–H and O–H groups in total. The Morgan fingerprint density at radius 1 is 1.00 bits per heavy atom. The zero-order valence-corrected chi connectivity index (χ0v) is 23.4. The Labute approximate surface area is 214 Å². The Kier molecular flexibility index (Phi) is 8.60. The van der Waals surface area contributed by atoms with E-state index < -0.39 is 0 Å². The molecule has 0 bridgehead atoms. The number of hydrogen-bond donors (Lipinski definition) is 3. The second kappa shape index (κ2) is 11.0. The third-order valence-electron chi connectivity index (χ3n) is 11.6. The van der Waals surface area contributed by atoms with Crippen molar-refractivity contribution in [3.63, 3.8) is 0 Å². The van der Waals surface area contributed by atoms with Crippen LogP contribution in [0, 0.1) is 46.3 Å². The summed E-state index contributed by atoms with van der Waals surface area (Å²) in [5.41, 5.74) is 0.692. The van der Waals surface area contributed by atoms with Gasteiger partial charge in [0, 0.05) is 31.6 Å². The Balaban J connectivity index is 1.40. The molecular weight excluding hydrogens is 436 g/mol. The molecule has 0 aliphatic heterocycles. The number of rotatable bonds is 9. The van der Waals surface area contributed by atoms with Crippen molar-refractivity contribution in [2.75, 3.05) is 20.2 Å². The van der Waals surface area contributed by atoms with E-state index in [0.29, 0.717) is 64.8 Å². The molecule has 5 heteroatoms. The van der Waals surface area contributed by atoms with Gasteiger partial charge >= 0.3 is 5.97 Å². The van der Waals surface area contributed by atoms with Gasteiger partial charge in [0.2, 0.25) is 0 Å². The number of carbonyl (C=O) groups excluding carboxylic acids is 1. The summed E-state index contributed by atoms with van der Waals surface area (Å²) < 4.78 is 4.91. The van der Waals surface area contributed by atoms with Crippen molar-refractivity contribution in [2.45, 2.75) is 117 Å². The van der Waals surface area contributed by atoms with Crippen molar-refractivity contribution < 1.29 is 14.6 Å². The first-order chi connectivity index (χ1) is 16.6. The number of methoxy groups -OCH3 is 1. The zero-order chi connectivity index (χ0) is 25.4. The van der Waals surface area contributed by atoms with E-state index in [1.807, 2.05) is 0 Å². The number of aliphatic hydroxyl groups excluding tert-OH is 1. The van der Waals surface area contributed by atoms with Crippen molar-refractivity contribution in [2.24, 2.45) is 46.3 Å². The lowest BCUT2D eigenvalue weighted by molar-refractivity contribution is -0.167. The molecule has 4 saturated carbocycles. The van der Waals surface area contributed by atoms with Crippen LogP contribution in [-0.2, 0) is 9.53 Å². The number of carbonyl (C=O) groups is 1. The molecule has 5 nitrogen and oxygen atoms in total. The fourth-order valence-electron chi connectivity index (χ4n) is 9.67. The monoisotopic (exact) mass is 490 g/mol. The molecule has 35 heavy (non-hydrogen) atoms. The highest BCUT2D eigenvalue weighted by atomic mass is 16.5. The topological polar surface area (TPSA) is 70.6 Å². The summed E-state index contributed by atoms with van der Waals surface area (Å²) in [7, 11) is 1.49. The molecule has 10 atom stereocenters. The van der Waals surface area contributed by atoms with Gasteiger partial charge in [0.05, 0.1) is 13.2 Å². The Morgan fingerprint density at radius 3 is 2.43 bits per heavy atom. The summed E-state index contributed by atoms with van der Waals surface area (Å²) in [6.45, 7) is 14.0. The van der Waals surface area contributed by atoms with Crippen LogP contribution in [0.25, 0.3) is 0 Å². The molecule has 4 fully saturated rings. The van der Waals surface area contributed by atoms with Gasteiger partial charge in [0.15, 0.2) is 0 Å². The number of hydrogen-bond acceptors (Lipinski definition) is 5. The molecule has 4 aliphatic carbocycles. The third-order valence-corrected chi connectivity index (χ3v) is 11.6. The predicted octanol–water partition coefficient (Wildman–Crippen LogP) is 5.16. The minimum absolute atomic E-state index is 0.0804. The van der Waals surface area contributed by atoms with Crippen LogP contribution in [0.2, 0.25) is 0 Å². The van der Waals surface area contributed by atoms with Crippen molar-refractivity contribution in [3.8, 4) is 0 Å². The normalized spacial score (nSPS) is 43.8. The van der Waals surface area contributed by atoms with Crippen LogP contribution in [0.15, 0.2) is 0 Å². The highest BCUT2D eigenvalue weighted by molar-refractivity contribution is 5.69. The number of ether oxygens (including phenoxy) is 1. The lowest BCUT2D eigenvalue weighted by Crippen LogP contribution is -2.59. The second-order valence-corrected chi connectivity index (χ2v) is 13.7. The average Bonchev–Trinajstić information content (AvgIpc) is 3.17. The van der Waals surface area contributed by atoms with Crippen LogP contribution in [-0.4, -0.2) is 49.5 Å². The Morgan fingerprint density at radius 2 is 1.71 bits per heavy atom. The lowest BCUT2D eigenvalue weighted by Gasteiger charge is -2.62. The maximum Gasteiger partial charge on any atom is 0.305 e. The maximum absolute atomic E-state index is 11.8. The quantitative estimate of drug-likeness (QED) is 0.308. The van der Waals surface area contributed by atoms with Crippen LogP contribution in [0.5, 0.6) is 0 Å².